The largest absolute Gasteiger partial charge is 0.396 e. The van der Waals surface area contributed by atoms with E-state index in [1.54, 1.807) is 6.33 Å². The molecular formula is C12H22N4O. The van der Waals surface area contributed by atoms with Gasteiger partial charge >= 0.3 is 0 Å². The average Bonchev–Trinajstić information content (AvgIpc) is 2.36. The van der Waals surface area contributed by atoms with E-state index in [2.05, 4.69) is 27.1 Å². The second-order valence-electron chi connectivity index (χ2n) is 4.04. The van der Waals surface area contributed by atoms with Gasteiger partial charge in [0, 0.05) is 32.8 Å². The van der Waals surface area contributed by atoms with Gasteiger partial charge in [0.1, 0.15) is 18.0 Å². The number of nitrogens with one attached hydrogen (secondary N) is 1. The van der Waals surface area contributed by atoms with E-state index < -0.39 is 0 Å². The monoisotopic (exact) mass is 238 g/mol. The van der Waals surface area contributed by atoms with Crippen LogP contribution >= 0.6 is 0 Å². The predicted octanol–water partition coefficient (Wildman–Crippen LogP) is 1.51. The maximum Gasteiger partial charge on any atom is 0.133 e. The van der Waals surface area contributed by atoms with Crippen molar-refractivity contribution in [1.29, 1.82) is 0 Å². The summed E-state index contributed by atoms with van der Waals surface area (Å²) in [5, 5.41) is 11.9. The van der Waals surface area contributed by atoms with Crippen LogP contribution in [0.3, 0.4) is 0 Å². The fraction of sp³-hybridized carbons (Fsp3) is 0.667. The van der Waals surface area contributed by atoms with Gasteiger partial charge in [-0.15, -0.1) is 0 Å². The quantitative estimate of drug-likeness (QED) is 0.672. The van der Waals surface area contributed by atoms with Crippen molar-refractivity contribution in [2.75, 3.05) is 37.0 Å². The van der Waals surface area contributed by atoms with Crippen LogP contribution in [0.5, 0.6) is 0 Å². The summed E-state index contributed by atoms with van der Waals surface area (Å²) in [4.78, 5) is 10.5. The van der Waals surface area contributed by atoms with Crippen LogP contribution in [0.2, 0.25) is 0 Å². The summed E-state index contributed by atoms with van der Waals surface area (Å²) in [6.07, 6.45) is 4.63. The van der Waals surface area contributed by atoms with Gasteiger partial charge in [0.15, 0.2) is 0 Å². The Balaban J connectivity index is 2.52. The fourth-order valence-corrected chi connectivity index (χ4v) is 1.46. The van der Waals surface area contributed by atoms with E-state index in [0.29, 0.717) is 0 Å². The number of nitrogens with zero attached hydrogens (tertiary/aromatic N) is 3. The van der Waals surface area contributed by atoms with Gasteiger partial charge in [-0.2, -0.15) is 0 Å². The van der Waals surface area contributed by atoms with Crippen molar-refractivity contribution in [2.45, 2.75) is 26.2 Å². The molecule has 1 aromatic heterocycles. The van der Waals surface area contributed by atoms with Crippen LogP contribution in [0.15, 0.2) is 12.4 Å². The van der Waals surface area contributed by atoms with Gasteiger partial charge in [-0.25, -0.2) is 9.97 Å². The third-order valence-corrected chi connectivity index (χ3v) is 2.53. The van der Waals surface area contributed by atoms with Crippen LogP contribution in [-0.2, 0) is 0 Å². The molecule has 0 spiro atoms. The first kappa shape index (κ1) is 13.7. The Hall–Kier alpha value is -1.36. The molecule has 0 amide bonds. The Morgan fingerprint density at radius 2 is 2.18 bits per heavy atom. The molecule has 5 nitrogen and oxygen atoms in total. The number of aliphatic hydroxyl groups is 1. The van der Waals surface area contributed by atoms with E-state index in [4.69, 9.17) is 5.11 Å². The Labute approximate surface area is 103 Å². The molecule has 2 N–H and O–H groups in total. The summed E-state index contributed by atoms with van der Waals surface area (Å²) in [7, 11) is 2.04. The number of aromatic nitrogens is 2. The molecule has 0 bridgehead atoms. The normalized spacial score (nSPS) is 10.3. The van der Waals surface area contributed by atoms with Crippen molar-refractivity contribution in [1.82, 2.24) is 9.97 Å². The highest BCUT2D eigenvalue weighted by molar-refractivity contribution is 5.47. The minimum absolute atomic E-state index is 0.196. The summed E-state index contributed by atoms with van der Waals surface area (Å²) >= 11 is 0. The number of hydrogen-bond acceptors (Lipinski definition) is 5. The lowest BCUT2D eigenvalue weighted by atomic mass is 10.3. The molecule has 0 atom stereocenters. The first-order valence-electron chi connectivity index (χ1n) is 6.15. The smallest absolute Gasteiger partial charge is 0.133 e. The van der Waals surface area contributed by atoms with Crippen LogP contribution in [0.25, 0.3) is 0 Å². The van der Waals surface area contributed by atoms with Crippen LogP contribution in [0, 0.1) is 0 Å². The van der Waals surface area contributed by atoms with E-state index in [1.165, 1.54) is 6.42 Å². The predicted molar refractivity (Wildman–Crippen MR) is 70.4 cm³/mol. The maximum absolute atomic E-state index is 8.70. The first-order chi connectivity index (χ1) is 8.27. The fourth-order valence-electron chi connectivity index (χ4n) is 1.46. The Kier molecular flexibility index (Phi) is 6.32. The standard InChI is InChI=1S/C12H22N4O/c1-3-4-7-16(2)12-9-11(14-10-15-12)13-6-5-8-17/h9-10,17H,3-8H2,1-2H3,(H,13,14,15). The number of hydrogen-bond donors (Lipinski definition) is 2. The molecule has 1 heterocycles. The zero-order chi connectivity index (χ0) is 12.5. The lowest BCUT2D eigenvalue weighted by Crippen LogP contribution is -2.20. The van der Waals surface area contributed by atoms with Gasteiger partial charge < -0.3 is 15.3 Å². The Bertz CT molecular complexity index is 319. The Morgan fingerprint density at radius 3 is 2.88 bits per heavy atom. The minimum atomic E-state index is 0.196. The summed E-state index contributed by atoms with van der Waals surface area (Å²) in [6, 6.07) is 1.94. The van der Waals surface area contributed by atoms with E-state index in [9.17, 15) is 0 Å². The third kappa shape index (κ3) is 4.99. The topological polar surface area (TPSA) is 61.3 Å². The molecule has 0 unspecified atom stereocenters. The van der Waals surface area contributed by atoms with E-state index in [0.717, 1.165) is 37.6 Å². The molecule has 0 aromatic carbocycles. The van der Waals surface area contributed by atoms with Crippen molar-refractivity contribution in [2.24, 2.45) is 0 Å². The molecule has 0 radical (unpaired) electrons. The summed E-state index contributed by atoms with van der Waals surface area (Å²) < 4.78 is 0. The van der Waals surface area contributed by atoms with E-state index >= 15 is 0 Å². The number of rotatable bonds is 8. The minimum Gasteiger partial charge on any atom is -0.396 e. The SMILES string of the molecule is CCCCN(C)c1cc(NCCCO)ncn1. The Morgan fingerprint density at radius 1 is 1.35 bits per heavy atom. The van der Waals surface area contributed by atoms with Crippen molar-refractivity contribution < 1.29 is 5.11 Å². The van der Waals surface area contributed by atoms with Crippen molar-refractivity contribution in [3.05, 3.63) is 12.4 Å². The van der Waals surface area contributed by atoms with Gasteiger partial charge in [-0.3, -0.25) is 0 Å². The van der Waals surface area contributed by atoms with Crippen LogP contribution in [-0.4, -0.2) is 41.8 Å². The number of unbranched alkanes of at least 4 members (excludes halogenated alkanes) is 1. The third-order valence-electron chi connectivity index (χ3n) is 2.53. The molecule has 5 heteroatoms. The van der Waals surface area contributed by atoms with Gasteiger partial charge in [-0.05, 0) is 12.8 Å². The van der Waals surface area contributed by atoms with Crippen LogP contribution in [0.4, 0.5) is 11.6 Å². The van der Waals surface area contributed by atoms with Gasteiger partial charge in [0.05, 0.1) is 0 Å². The maximum atomic E-state index is 8.70. The van der Waals surface area contributed by atoms with Crippen molar-refractivity contribution >= 4 is 11.6 Å². The highest BCUT2D eigenvalue weighted by Crippen LogP contribution is 2.13. The van der Waals surface area contributed by atoms with Crippen molar-refractivity contribution in [3.8, 4) is 0 Å². The number of anilines is 2. The second-order valence-corrected chi connectivity index (χ2v) is 4.04. The van der Waals surface area contributed by atoms with Gasteiger partial charge in [-0.1, -0.05) is 13.3 Å². The molecule has 0 aliphatic rings. The lowest BCUT2D eigenvalue weighted by Gasteiger charge is -2.18. The lowest BCUT2D eigenvalue weighted by molar-refractivity contribution is 0.292. The molecule has 1 aromatic rings. The molecule has 1 rings (SSSR count). The molecular weight excluding hydrogens is 216 g/mol. The van der Waals surface area contributed by atoms with E-state index in [1.807, 2.05) is 13.1 Å². The average molecular weight is 238 g/mol. The zero-order valence-corrected chi connectivity index (χ0v) is 10.7. The molecule has 0 saturated carbocycles. The second kappa shape index (κ2) is 7.84. The van der Waals surface area contributed by atoms with Crippen LogP contribution in [0.1, 0.15) is 26.2 Å². The summed E-state index contributed by atoms with van der Waals surface area (Å²) in [6.45, 7) is 4.10. The molecule has 0 saturated heterocycles. The zero-order valence-electron chi connectivity index (χ0n) is 10.7. The highest BCUT2D eigenvalue weighted by atomic mass is 16.3. The molecule has 0 aliphatic heterocycles. The van der Waals surface area contributed by atoms with Crippen LogP contribution < -0.4 is 10.2 Å². The summed E-state index contributed by atoms with van der Waals surface area (Å²) in [5.41, 5.74) is 0. The van der Waals surface area contributed by atoms with Gasteiger partial charge in [0.2, 0.25) is 0 Å². The number of aliphatic hydroxyl groups excluding tert-OH is 1. The molecule has 17 heavy (non-hydrogen) atoms. The first-order valence-corrected chi connectivity index (χ1v) is 6.15. The highest BCUT2D eigenvalue weighted by Gasteiger charge is 2.03. The summed E-state index contributed by atoms with van der Waals surface area (Å²) in [5.74, 6) is 1.74. The molecule has 0 aliphatic carbocycles. The molecule has 96 valence electrons. The van der Waals surface area contributed by atoms with Crippen molar-refractivity contribution in [3.63, 3.8) is 0 Å². The molecule has 0 fully saturated rings. The van der Waals surface area contributed by atoms with Gasteiger partial charge in [0.25, 0.3) is 0 Å². The van der Waals surface area contributed by atoms with E-state index in [-0.39, 0.29) is 6.61 Å².